The van der Waals surface area contributed by atoms with Crippen molar-refractivity contribution < 1.29 is 0 Å². The summed E-state index contributed by atoms with van der Waals surface area (Å²) in [5.41, 5.74) is 0. The van der Waals surface area contributed by atoms with Gasteiger partial charge in [-0.25, -0.2) is 0 Å². The van der Waals surface area contributed by atoms with Gasteiger partial charge >= 0.3 is 0 Å². The van der Waals surface area contributed by atoms with Crippen molar-refractivity contribution in [2.45, 2.75) is 30.6 Å². The molecule has 0 aliphatic carbocycles. The highest BCUT2D eigenvalue weighted by Crippen LogP contribution is 2.73. The summed E-state index contributed by atoms with van der Waals surface area (Å²) < 4.78 is 0. The Morgan fingerprint density at radius 1 is 0.750 bits per heavy atom. The molecule has 0 nitrogen and oxygen atoms in total. The fraction of sp³-hybridized carbons (Fsp3) is 0.111. The van der Waals surface area contributed by atoms with Crippen molar-refractivity contribution in [3.63, 3.8) is 0 Å². The van der Waals surface area contributed by atoms with Crippen LogP contribution in [0.2, 0.25) is 0 Å². The first-order valence-electron chi connectivity index (χ1n) is 9.57. The van der Waals surface area contributed by atoms with E-state index >= 15 is 0 Å². The summed E-state index contributed by atoms with van der Waals surface area (Å²) in [6.07, 6.45) is 19.0. The Morgan fingerprint density at radius 2 is 1.32 bits per heavy atom. The molecule has 0 fully saturated rings. The average molecular weight is 387 g/mol. The van der Waals surface area contributed by atoms with Gasteiger partial charge < -0.3 is 0 Å². The number of rotatable bonds is 8. The van der Waals surface area contributed by atoms with Crippen LogP contribution in [0.25, 0.3) is 0 Å². The predicted octanol–water partition coefficient (Wildman–Crippen LogP) is 8.59. The number of benzene rings is 2. The number of hydrogen-bond donors (Lipinski definition) is 0. The summed E-state index contributed by atoms with van der Waals surface area (Å²) in [7, 11) is -1.59. The lowest BCUT2D eigenvalue weighted by Gasteiger charge is -2.43. The quantitative estimate of drug-likeness (QED) is 0.398. The van der Waals surface area contributed by atoms with E-state index in [0.29, 0.717) is 0 Å². The number of hydrogen-bond acceptors (Lipinski definition) is 0. The van der Waals surface area contributed by atoms with Crippen molar-refractivity contribution in [3.8, 4) is 0 Å². The van der Waals surface area contributed by atoms with Crippen LogP contribution in [-0.4, -0.2) is 0 Å². The van der Waals surface area contributed by atoms with Crippen LogP contribution >= 0.6 is 10.0 Å². The van der Waals surface area contributed by atoms with Gasteiger partial charge in [-0.05, 0) is 56.0 Å². The highest BCUT2D eigenvalue weighted by molar-refractivity contribution is 8.40. The van der Waals surface area contributed by atoms with Crippen molar-refractivity contribution >= 4 is 10.0 Å². The third kappa shape index (κ3) is 4.74. The fourth-order valence-electron chi connectivity index (χ4n) is 3.20. The van der Waals surface area contributed by atoms with Crippen LogP contribution in [0, 0.1) is 0 Å². The molecule has 2 rings (SSSR count). The molecule has 0 heterocycles. The van der Waals surface area contributed by atoms with E-state index in [-0.39, 0.29) is 0 Å². The van der Waals surface area contributed by atoms with Crippen LogP contribution in [-0.2, 0) is 0 Å². The molecule has 0 N–H and O–H groups in total. The molecule has 2 aromatic rings. The SMILES string of the molecule is C=C/C=C\C=C(/C)S(C(/C=C\C)=C/C=C\C)(c1ccccc1)c1ccccc1. The summed E-state index contributed by atoms with van der Waals surface area (Å²) in [6.45, 7) is 10.2. The van der Waals surface area contributed by atoms with Gasteiger partial charge in [0.1, 0.15) is 0 Å². The molecule has 0 bridgehead atoms. The first-order valence-corrected chi connectivity index (χ1v) is 11.2. The first-order chi connectivity index (χ1) is 13.7. The second-order valence-corrected chi connectivity index (χ2v) is 9.51. The van der Waals surface area contributed by atoms with Gasteiger partial charge in [-0.15, -0.1) is 10.0 Å². The van der Waals surface area contributed by atoms with Gasteiger partial charge in [-0.3, -0.25) is 0 Å². The highest BCUT2D eigenvalue weighted by atomic mass is 32.3. The molecule has 0 aromatic heterocycles. The average Bonchev–Trinajstić information content (AvgIpc) is 2.74. The van der Waals surface area contributed by atoms with E-state index < -0.39 is 10.0 Å². The lowest BCUT2D eigenvalue weighted by Crippen LogP contribution is -2.06. The zero-order valence-electron chi connectivity index (χ0n) is 17.1. The van der Waals surface area contributed by atoms with Crippen molar-refractivity contribution in [1.29, 1.82) is 0 Å². The molecular formula is C27H30S. The van der Waals surface area contributed by atoms with E-state index in [0.717, 1.165) is 0 Å². The van der Waals surface area contributed by atoms with Crippen LogP contribution < -0.4 is 0 Å². The van der Waals surface area contributed by atoms with E-state index in [2.05, 4.69) is 131 Å². The molecule has 0 atom stereocenters. The Balaban J connectivity index is 2.96. The van der Waals surface area contributed by atoms with Gasteiger partial charge in [0.2, 0.25) is 0 Å². The smallest absolute Gasteiger partial charge is 0.00199 e. The molecule has 1 heteroatoms. The molecular weight excluding hydrogens is 356 g/mol. The maximum Gasteiger partial charge on any atom is 0.00199 e. The van der Waals surface area contributed by atoms with Gasteiger partial charge in [-0.2, -0.15) is 0 Å². The zero-order chi connectivity index (χ0) is 20.2. The van der Waals surface area contributed by atoms with Crippen molar-refractivity contribution in [2.75, 3.05) is 0 Å². The van der Waals surface area contributed by atoms with Crippen molar-refractivity contribution in [3.05, 3.63) is 132 Å². The van der Waals surface area contributed by atoms with Gasteiger partial charge in [0, 0.05) is 14.7 Å². The third-order valence-electron chi connectivity index (χ3n) is 4.39. The molecule has 0 aliphatic rings. The van der Waals surface area contributed by atoms with E-state index in [1.807, 2.05) is 12.2 Å². The Bertz CT molecular complexity index is 854. The van der Waals surface area contributed by atoms with Crippen LogP contribution in [0.1, 0.15) is 20.8 Å². The summed E-state index contributed by atoms with van der Waals surface area (Å²) in [5.74, 6) is 0. The molecule has 0 amide bonds. The number of allylic oxidation sites excluding steroid dienone is 10. The van der Waals surface area contributed by atoms with Crippen LogP contribution in [0.15, 0.2) is 142 Å². The van der Waals surface area contributed by atoms with Crippen LogP contribution in [0.4, 0.5) is 0 Å². The van der Waals surface area contributed by atoms with Gasteiger partial charge in [-0.1, -0.05) is 91.6 Å². The molecule has 144 valence electrons. The second-order valence-electron chi connectivity index (χ2n) is 6.23. The first kappa shape index (κ1) is 21.5. The maximum atomic E-state index is 3.80. The molecule has 0 saturated heterocycles. The standard InChI is InChI=1S/C27H30S/c1-5-8-12-18-24(4)28(26-20-13-10-14-21-26,27-22-15-11-16-23-27)25(17-7-3)19-9-6-2/h5-23H,1H2,2-4H3/b9-6-,12-8-,17-7-,24-18+,25-19+. The van der Waals surface area contributed by atoms with E-state index in [1.165, 1.54) is 19.6 Å². The van der Waals surface area contributed by atoms with Gasteiger partial charge in [0.25, 0.3) is 0 Å². The zero-order valence-corrected chi connectivity index (χ0v) is 17.9. The van der Waals surface area contributed by atoms with Gasteiger partial charge in [0.05, 0.1) is 0 Å². The highest BCUT2D eigenvalue weighted by Gasteiger charge is 2.33. The van der Waals surface area contributed by atoms with E-state index in [9.17, 15) is 0 Å². The monoisotopic (exact) mass is 386 g/mol. The molecule has 0 radical (unpaired) electrons. The van der Waals surface area contributed by atoms with E-state index in [1.54, 1.807) is 0 Å². The summed E-state index contributed by atoms with van der Waals surface area (Å²) in [6, 6.07) is 21.7. The minimum atomic E-state index is -1.59. The largest absolute Gasteiger partial charge is 0.137 e. The summed E-state index contributed by atoms with van der Waals surface area (Å²) in [4.78, 5) is 5.30. The fourth-order valence-corrected chi connectivity index (χ4v) is 7.17. The molecule has 2 aromatic carbocycles. The van der Waals surface area contributed by atoms with Crippen molar-refractivity contribution in [1.82, 2.24) is 0 Å². The lowest BCUT2D eigenvalue weighted by atomic mass is 10.4. The topological polar surface area (TPSA) is 0 Å². The summed E-state index contributed by atoms with van der Waals surface area (Å²) in [5, 5.41) is 0. The Hall–Kier alpha value is -2.77. The maximum absolute atomic E-state index is 3.80. The van der Waals surface area contributed by atoms with E-state index in [4.69, 9.17) is 0 Å². The normalized spacial score (nSPS) is 14.2. The van der Waals surface area contributed by atoms with Crippen LogP contribution in [0.3, 0.4) is 0 Å². The second kappa shape index (κ2) is 11.2. The Morgan fingerprint density at radius 3 is 1.79 bits per heavy atom. The van der Waals surface area contributed by atoms with Gasteiger partial charge in [0.15, 0.2) is 0 Å². The Labute approximate surface area is 172 Å². The van der Waals surface area contributed by atoms with Crippen LogP contribution in [0.5, 0.6) is 0 Å². The summed E-state index contributed by atoms with van der Waals surface area (Å²) >= 11 is 0. The lowest BCUT2D eigenvalue weighted by molar-refractivity contribution is 1.34. The third-order valence-corrected chi connectivity index (χ3v) is 8.43. The molecule has 0 unspecified atom stereocenters. The molecule has 28 heavy (non-hydrogen) atoms. The molecule has 0 aliphatic heterocycles. The van der Waals surface area contributed by atoms with Crippen molar-refractivity contribution in [2.24, 2.45) is 0 Å². The predicted molar refractivity (Wildman–Crippen MR) is 128 cm³/mol. The minimum Gasteiger partial charge on any atom is -0.137 e. The minimum absolute atomic E-state index is 1.31. The molecule has 0 saturated carbocycles. The Kier molecular flexibility index (Phi) is 8.58. The molecule has 0 spiro atoms.